The lowest BCUT2D eigenvalue weighted by Gasteiger charge is -2.46. The second-order valence-corrected chi connectivity index (χ2v) is 6.76. The first-order valence-corrected chi connectivity index (χ1v) is 9.38. The van der Waals surface area contributed by atoms with Gasteiger partial charge in [-0.3, -0.25) is 9.69 Å². The number of methoxy groups -OCH3 is 2. The van der Waals surface area contributed by atoms with Gasteiger partial charge < -0.3 is 19.5 Å². The summed E-state index contributed by atoms with van der Waals surface area (Å²) in [7, 11) is 2.84. The highest BCUT2D eigenvalue weighted by molar-refractivity contribution is 6.02. The molecule has 1 aromatic rings. The smallest absolute Gasteiger partial charge is 0.332 e. The number of carbonyl (C=O) groups excluding carboxylic acids is 2. The van der Waals surface area contributed by atoms with Gasteiger partial charge in [-0.2, -0.15) is 0 Å². The number of benzene rings is 1. The molecule has 2 rings (SSSR count). The molecule has 0 bridgehead atoms. The molecule has 0 saturated carbocycles. The zero-order chi connectivity index (χ0) is 19.9. The molecule has 150 valence electrons. The molecule has 7 heteroatoms. The number of carbonyl (C=O) groups is 2. The average molecular weight is 378 g/mol. The Hall–Kier alpha value is -1.96. The van der Waals surface area contributed by atoms with Crippen molar-refractivity contribution in [3.63, 3.8) is 0 Å². The number of nitrogens with zero attached hydrogens (tertiary/aromatic N) is 2. The van der Waals surface area contributed by atoms with Gasteiger partial charge in [-0.1, -0.05) is 25.1 Å². The van der Waals surface area contributed by atoms with Crippen molar-refractivity contribution in [3.05, 3.63) is 30.3 Å². The number of aliphatic hydroxyl groups is 1. The molecule has 27 heavy (non-hydrogen) atoms. The summed E-state index contributed by atoms with van der Waals surface area (Å²) in [4.78, 5) is 29.5. The third-order valence-corrected chi connectivity index (χ3v) is 5.21. The Balaban J connectivity index is 2.26. The van der Waals surface area contributed by atoms with Gasteiger partial charge in [0, 0.05) is 45.3 Å². The Bertz CT molecular complexity index is 614. The summed E-state index contributed by atoms with van der Waals surface area (Å²) in [5.74, 6) is -0.486. The first kappa shape index (κ1) is 21.3. The second-order valence-electron chi connectivity index (χ2n) is 6.76. The molecule has 1 atom stereocenters. The van der Waals surface area contributed by atoms with Crippen LogP contribution in [0.25, 0.3) is 0 Å². The molecule has 0 aromatic heterocycles. The van der Waals surface area contributed by atoms with Crippen molar-refractivity contribution in [3.8, 4) is 0 Å². The van der Waals surface area contributed by atoms with Crippen molar-refractivity contribution in [2.24, 2.45) is 0 Å². The van der Waals surface area contributed by atoms with Gasteiger partial charge in [-0.25, -0.2) is 4.79 Å². The third-order valence-electron chi connectivity index (χ3n) is 5.21. The molecular formula is C20H30N2O5. The molecule has 0 radical (unpaired) electrons. The van der Waals surface area contributed by atoms with E-state index in [0.717, 1.165) is 0 Å². The highest BCUT2D eigenvalue weighted by atomic mass is 16.6. The predicted octanol–water partition coefficient (Wildman–Crippen LogP) is 1.79. The first-order chi connectivity index (χ1) is 13.0. The molecule has 1 unspecified atom stereocenters. The van der Waals surface area contributed by atoms with Gasteiger partial charge in [0.15, 0.2) is 6.29 Å². The monoisotopic (exact) mass is 378 g/mol. The molecule has 1 fully saturated rings. The van der Waals surface area contributed by atoms with E-state index in [2.05, 4.69) is 4.90 Å². The zero-order valence-electron chi connectivity index (χ0n) is 16.4. The van der Waals surface area contributed by atoms with E-state index in [1.807, 2.05) is 30.3 Å². The van der Waals surface area contributed by atoms with E-state index >= 15 is 0 Å². The van der Waals surface area contributed by atoms with Crippen LogP contribution in [0.1, 0.15) is 32.6 Å². The van der Waals surface area contributed by atoms with Crippen LogP contribution in [-0.2, 0) is 19.1 Å². The summed E-state index contributed by atoms with van der Waals surface area (Å²) in [6, 6.07) is 9.29. The average Bonchev–Trinajstić information content (AvgIpc) is 2.72. The van der Waals surface area contributed by atoms with Crippen molar-refractivity contribution in [1.29, 1.82) is 0 Å². The van der Waals surface area contributed by atoms with Crippen molar-refractivity contribution in [2.45, 2.75) is 44.4 Å². The fraction of sp³-hybridized carbons (Fsp3) is 0.600. The van der Waals surface area contributed by atoms with Crippen LogP contribution in [0.4, 0.5) is 5.69 Å². The summed E-state index contributed by atoms with van der Waals surface area (Å²) in [6.45, 7) is 3.72. The number of rotatable bonds is 8. The SMILES string of the molecule is CCC(=O)N(c1ccccc1)C1(C(=O)OC)CCN(CCC(O)OC)CC1. The van der Waals surface area contributed by atoms with Crippen LogP contribution in [0, 0.1) is 0 Å². The predicted molar refractivity (Wildman–Crippen MR) is 102 cm³/mol. The van der Waals surface area contributed by atoms with E-state index in [4.69, 9.17) is 9.47 Å². The molecule has 1 aliphatic rings. The summed E-state index contributed by atoms with van der Waals surface area (Å²) >= 11 is 0. The number of para-hydroxylation sites is 1. The standard InChI is InChI=1S/C20H30N2O5/c1-4-17(23)22(16-8-6-5-7-9-16)20(19(25)27-3)11-14-21(15-12-20)13-10-18(24)26-2/h5-9,18,24H,4,10-15H2,1-3H3. The quantitative estimate of drug-likeness (QED) is 0.549. The lowest BCUT2D eigenvalue weighted by molar-refractivity contribution is -0.151. The van der Waals surface area contributed by atoms with Gasteiger partial charge in [-0.05, 0) is 25.0 Å². The topological polar surface area (TPSA) is 79.3 Å². The Labute approximate surface area is 160 Å². The number of amides is 1. The van der Waals surface area contributed by atoms with Gasteiger partial charge in [0.25, 0.3) is 0 Å². The molecule has 7 nitrogen and oxygen atoms in total. The summed E-state index contributed by atoms with van der Waals surface area (Å²) < 4.78 is 10.0. The van der Waals surface area contributed by atoms with E-state index in [-0.39, 0.29) is 11.9 Å². The number of likely N-dealkylation sites (tertiary alicyclic amines) is 1. The van der Waals surface area contributed by atoms with Crippen molar-refractivity contribution in [2.75, 3.05) is 38.8 Å². The number of anilines is 1. The minimum absolute atomic E-state index is 0.102. The number of aliphatic hydroxyl groups excluding tert-OH is 1. The summed E-state index contributed by atoms with van der Waals surface area (Å²) in [5, 5.41) is 9.58. The number of hydrogen-bond acceptors (Lipinski definition) is 6. The minimum atomic E-state index is -1.01. The number of piperidine rings is 1. The van der Waals surface area contributed by atoms with Gasteiger partial charge in [0.2, 0.25) is 5.91 Å². The van der Waals surface area contributed by atoms with E-state index in [1.165, 1.54) is 14.2 Å². The number of hydrogen-bond donors (Lipinski definition) is 1. The van der Waals surface area contributed by atoms with Crippen molar-refractivity contribution >= 4 is 17.6 Å². The molecule has 1 N–H and O–H groups in total. The number of esters is 1. The highest BCUT2D eigenvalue weighted by Gasteiger charge is 2.49. The lowest BCUT2D eigenvalue weighted by Crippen LogP contribution is -2.62. The maximum Gasteiger partial charge on any atom is 0.332 e. The van der Waals surface area contributed by atoms with Crippen LogP contribution >= 0.6 is 0 Å². The van der Waals surface area contributed by atoms with Crippen LogP contribution in [0.3, 0.4) is 0 Å². The maximum atomic E-state index is 12.8. The Morgan fingerprint density at radius 1 is 1.22 bits per heavy atom. The second kappa shape index (κ2) is 9.82. The first-order valence-electron chi connectivity index (χ1n) is 9.38. The van der Waals surface area contributed by atoms with Crippen LogP contribution in [0.2, 0.25) is 0 Å². The van der Waals surface area contributed by atoms with E-state index < -0.39 is 11.8 Å². The summed E-state index contributed by atoms with van der Waals surface area (Å²) in [5.41, 5.74) is -0.308. The molecule has 1 heterocycles. The third kappa shape index (κ3) is 4.86. The lowest BCUT2D eigenvalue weighted by atomic mass is 9.84. The normalized spacial score (nSPS) is 17.9. The Kier molecular flexibility index (Phi) is 7.77. The molecule has 1 amide bonds. The largest absolute Gasteiger partial charge is 0.467 e. The van der Waals surface area contributed by atoms with Crippen LogP contribution < -0.4 is 4.90 Å². The van der Waals surface area contributed by atoms with E-state index in [9.17, 15) is 14.7 Å². The van der Waals surface area contributed by atoms with E-state index in [0.29, 0.717) is 51.0 Å². The van der Waals surface area contributed by atoms with Gasteiger partial charge in [-0.15, -0.1) is 0 Å². The summed E-state index contributed by atoms with van der Waals surface area (Å²) in [6.07, 6.45) is 0.960. The Morgan fingerprint density at radius 3 is 2.37 bits per heavy atom. The molecule has 0 aliphatic carbocycles. The van der Waals surface area contributed by atoms with Crippen LogP contribution in [0.15, 0.2) is 30.3 Å². The van der Waals surface area contributed by atoms with Crippen molar-refractivity contribution < 1.29 is 24.2 Å². The van der Waals surface area contributed by atoms with Crippen LogP contribution in [-0.4, -0.2) is 67.6 Å². The van der Waals surface area contributed by atoms with Gasteiger partial charge in [0.1, 0.15) is 5.54 Å². The van der Waals surface area contributed by atoms with Gasteiger partial charge >= 0.3 is 5.97 Å². The zero-order valence-corrected chi connectivity index (χ0v) is 16.4. The van der Waals surface area contributed by atoms with Gasteiger partial charge in [0.05, 0.1) is 7.11 Å². The highest BCUT2D eigenvalue weighted by Crippen LogP contribution is 2.35. The fourth-order valence-electron chi connectivity index (χ4n) is 3.63. The number of ether oxygens (including phenoxy) is 2. The molecule has 1 aromatic carbocycles. The molecular weight excluding hydrogens is 348 g/mol. The van der Waals surface area contributed by atoms with Crippen molar-refractivity contribution in [1.82, 2.24) is 4.90 Å². The van der Waals surface area contributed by atoms with Crippen LogP contribution in [0.5, 0.6) is 0 Å². The van der Waals surface area contributed by atoms with E-state index in [1.54, 1.807) is 11.8 Å². The maximum absolute atomic E-state index is 12.8. The molecule has 1 aliphatic heterocycles. The molecule has 0 spiro atoms. The fourth-order valence-corrected chi connectivity index (χ4v) is 3.63. The minimum Gasteiger partial charge on any atom is -0.467 e. The Morgan fingerprint density at radius 2 is 1.85 bits per heavy atom. The molecule has 1 saturated heterocycles.